The lowest BCUT2D eigenvalue weighted by Crippen LogP contribution is -2.72. The normalized spacial score (nSPS) is 27.2. The van der Waals surface area contributed by atoms with Crippen molar-refractivity contribution < 1.29 is 19.2 Å². The number of hydrogen-bond acceptors (Lipinski definition) is 10. The van der Waals surface area contributed by atoms with Crippen molar-refractivity contribution in [3.8, 4) is 0 Å². The summed E-state index contributed by atoms with van der Waals surface area (Å²) in [5.41, 5.74) is -0.844. The zero-order valence-corrected chi connectivity index (χ0v) is 47.4. The maximum atomic E-state index is 13.0. The van der Waals surface area contributed by atoms with Crippen LogP contribution in [0.4, 0.5) is 0 Å². The van der Waals surface area contributed by atoms with Crippen LogP contribution < -0.4 is 10.6 Å². The van der Waals surface area contributed by atoms with E-state index in [1.807, 2.05) is 114 Å². The summed E-state index contributed by atoms with van der Waals surface area (Å²) in [6.07, 6.45) is 0. The van der Waals surface area contributed by atoms with E-state index in [9.17, 15) is 19.2 Å². The molecule has 68 heavy (non-hydrogen) atoms. The summed E-state index contributed by atoms with van der Waals surface area (Å²) in [4.78, 5) is 68.2. The number of nitrogens with zero attached hydrogens (tertiary/aromatic N) is 8. The van der Waals surface area contributed by atoms with Gasteiger partial charge in [-0.05, 0) is 165 Å². The van der Waals surface area contributed by atoms with E-state index in [4.69, 9.17) is 0 Å². The summed E-state index contributed by atoms with van der Waals surface area (Å²) in [6, 6.07) is 10.2. The summed E-state index contributed by atoms with van der Waals surface area (Å²) < 4.78 is 0. The van der Waals surface area contributed by atoms with Crippen LogP contribution in [-0.4, -0.2) is 205 Å². The molecule has 0 bridgehead atoms. The molecule has 2 N–H and O–H groups in total. The SMILES string of the molecule is CC1(C)CN(CCN2CC(C)(C)NC(C)(C)C2=O)CC(C)(C)N1.CN1C(C)(C)CN(CCN2CC(C)(C)N(C)C(C)(C)C2=O)C(=O)C1(C)C.CN1C(C)(C)CN(Cc2ccccc2)C(=O)C1(C)C. The highest BCUT2D eigenvalue weighted by Gasteiger charge is 2.52. The van der Waals surface area contributed by atoms with Crippen LogP contribution in [-0.2, 0) is 25.7 Å². The summed E-state index contributed by atoms with van der Waals surface area (Å²) in [5.74, 6) is 0.697. The molecule has 6 rings (SSSR count). The van der Waals surface area contributed by atoms with Gasteiger partial charge in [0, 0.05) is 105 Å². The van der Waals surface area contributed by atoms with E-state index < -0.39 is 22.2 Å². The van der Waals surface area contributed by atoms with Crippen molar-refractivity contribution in [2.45, 2.75) is 200 Å². The van der Waals surface area contributed by atoms with Crippen molar-refractivity contribution in [2.75, 3.05) is 86.6 Å². The van der Waals surface area contributed by atoms with Gasteiger partial charge < -0.3 is 24.9 Å². The smallest absolute Gasteiger partial charge is 0.242 e. The van der Waals surface area contributed by atoms with Gasteiger partial charge in [0.05, 0.1) is 22.2 Å². The van der Waals surface area contributed by atoms with Gasteiger partial charge in [-0.1, -0.05) is 30.3 Å². The first-order valence-electron chi connectivity index (χ1n) is 25.3. The van der Waals surface area contributed by atoms with Crippen LogP contribution in [0.5, 0.6) is 0 Å². The van der Waals surface area contributed by atoms with E-state index in [-0.39, 0.29) is 56.9 Å². The topological polar surface area (TPSA) is 118 Å². The molecule has 1 aromatic rings. The number of benzene rings is 1. The monoisotopic (exact) mass is 951 g/mol. The number of carbonyl (C=O) groups excluding carboxylic acids is 4. The molecule has 14 nitrogen and oxygen atoms in total. The molecule has 5 aliphatic heterocycles. The second kappa shape index (κ2) is 19.5. The van der Waals surface area contributed by atoms with E-state index in [1.54, 1.807) is 0 Å². The molecule has 5 aliphatic rings. The lowest BCUT2D eigenvalue weighted by atomic mass is 9.87. The second-order valence-corrected chi connectivity index (χ2v) is 26.9. The molecular formula is C54H98N10O4. The van der Waals surface area contributed by atoms with Crippen LogP contribution in [0.2, 0.25) is 0 Å². The minimum absolute atomic E-state index is 0.00775. The minimum Gasteiger partial charge on any atom is -0.338 e. The molecule has 5 heterocycles. The fourth-order valence-corrected chi connectivity index (χ4v) is 12.0. The van der Waals surface area contributed by atoms with Gasteiger partial charge >= 0.3 is 0 Å². The van der Waals surface area contributed by atoms with Crippen molar-refractivity contribution in [1.29, 1.82) is 0 Å². The molecule has 0 aliphatic carbocycles. The standard InChI is InChI=1S/C20H38N4O2.C18H36N4O.C16H24N2O/c1-17(2)13-23(15(25)19(5,6)21(17)9)11-12-24-14-18(3,4)22(10)20(7,8)16(24)26;1-15(2)11-21(12-16(3,4)19-15)9-10-22-13-17(5,6)20-18(7,8)14(22)23;1-15(2)12-18(11-13-9-7-6-8-10-13)14(19)16(3,4)17(15)5/h11-14H2,1-10H3;19-20H,9-13H2,1-8H3;6-10H,11-12H2,1-5H3. The van der Waals surface area contributed by atoms with Gasteiger partial charge in [0.25, 0.3) is 0 Å². The first-order valence-corrected chi connectivity index (χ1v) is 25.3. The van der Waals surface area contributed by atoms with Gasteiger partial charge in [-0.25, -0.2) is 0 Å². The van der Waals surface area contributed by atoms with Gasteiger partial charge in [0.1, 0.15) is 0 Å². The van der Waals surface area contributed by atoms with Crippen LogP contribution >= 0.6 is 0 Å². The Balaban J connectivity index is 0.000000225. The first kappa shape index (κ1) is 57.4. The van der Waals surface area contributed by atoms with Crippen LogP contribution in [0.15, 0.2) is 30.3 Å². The lowest BCUT2D eigenvalue weighted by Gasteiger charge is -2.55. The average Bonchev–Trinajstić information content (AvgIpc) is 3.18. The average molecular weight is 951 g/mol. The molecule has 5 fully saturated rings. The highest BCUT2D eigenvalue weighted by atomic mass is 16.2. The molecule has 0 spiro atoms. The molecule has 0 aromatic heterocycles. The maximum Gasteiger partial charge on any atom is 0.242 e. The van der Waals surface area contributed by atoms with Crippen LogP contribution in [0.3, 0.4) is 0 Å². The summed E-state index contributed by atoms with van der Waals surface area (Å²) in [6.45, 7) is 50.9. The van der Waals surface area contributed by atoms with Gasteiger partial charge in [-0.2, -0.15) is 0 Å². The number of carbonyl (C=O) groups is 4. The number of rotatable bonds is 8. The summed E-state index contributed by atoms with van der Waals surface area (Å²) in [5, 5.41) is 7.16. The Kier molecular flexibility index (Phi) is 16.4. The predicted molar refractivity (Wildman–Crippen MR) is 278 cm³/mol. The molecule has 0 radical (unpaired) electrons. The molecule has 0 atom stereocenters. The minimum atomic E-state index is -0.535. The number of hydrogen-bond donors (Lipinski definition) is 2. The Morgan fingerprint density at radius 3 is 1.12 bits per heavy atom. The Hall–Kier alpha value is -3.14. The van der Waals surface area contributed by atoms with E-state index in [0.29, 0.717) is 32.7 Å². The fourth-order valence-electron chi connectivity index (χ4n) is 12.0. The number of likely N-dealkylation sites (N-methyl/N-ethyl adjacent to an activating group) is 3. The van der Waals surface area contributed by atoms with E-state index in [2.05, 4.69) is 125 Å². The van der Waals surface area contributed by atoms with Crippen molar-refractivity contribution in [3.63, 3.8) is 0 Å². The number of amides is 4. The molecule has 0 saturated carbocycles. The molecule has 1 aromatic carbocycles. The van der Waals surface area contributed by atoms with Crippen molar-refractivity contribution in [1.82, 2.24) is 49.8 Å². The highest BCUT2D eigenvalue weighted by molar-refractivity contribution is 5.88. The van der Waals surface area contributed by atoms with Crippen molar-refractivity contribution in [2.24, 2.45) is 0 Å². The van der Waals surface area contributed by atoms with Gasteiger partial charge in [-0.15, -0.1) is 0 Å². The number of piperazine rings is 5. The second-order valence-electron chi connectivity index (χ2n) is 26.9. The van der Waals surface area contributed by atoms with Crippen LogP contribution in [0, 0.1) is 0 Å². The number of nitrogens with one attached hydrogen (secondary N) is 2. The fraction of sp³-hybridized carbons (Fsp3) is 0.815. The van der Waals surface area contributed by atoms with Gasteiger partial charge in [0.2, 0.25) is 23.6 Å². The van der Waals surface area contributed by atoms with Crippen molar-refractivity contribution in [3.05, 3.63) is 35.9 Å². The Morgan fingerprint density at radius 2 is 0.721 bits per heavy atom. The van der Waals surface area contributed by atoms with E-state index in [1.165, 1.54) is 5.56 Å². The highest BCUT2D eigenvalue weighted by Crippen LogP contribution is 2.35. The molecule has 4 amide bonds. The third-order valence-electron chi connectivity index (χ3n) is 15.9. The maximum absolute atomic E-state index is 13.0. The molecule has 388 valence electrons. The Morgan fingerprint density at radius 1 is 0.397 bits per heavy atom. The predicted octanol–water partition coefficient (Wildman–Crippen LogP) is 5.60. The quantitative estimate of drug-likeness (QED) is 0.341. The van der Waals surface area contributed by atoms with Gasteiger partial charge in [-0.3, -0.25) is 44.1 Å². The van der Waals surface area contributed by atoms with E-state index in [0.717, 1.165) is 39.3 Å². The molecule has 0 unspecified atom stereocenters. The lowest BCUT2D eigenvalue weighted by molar-refractivity contribution is -0.162. The van der Waals surface area contributed by atoms with E-state index >= 15 is 0 Å². The van der Waals surface area contributed by atoms with Crippen LogP contribution in [0.25, 0.3) is 0 Å². The zero-order chi connectivity index (χ0) is 52.2. The largest absolute Gasteiger partial charge is 0.338 e. The zero-order valence-electron chi connectivity index (χ0n) is 47.4. The summed E-state index contributed by atoms with van der Waals surface area (Å²) in [7, 11) is 6.08. The van der Waals surface area contributed by atoms with Crippen molar-refractivity contribution >= 4 is 23.6 Å². The molecule has 14 heteroatoms. The molecule has 5 saturated heterocycles. The summed E-state index contributed by atoms with van der Waals surface area (Å²) >= 11 is 0. The Labute approximate surface area is 414 Å². The first-order chi connectivity index (χ1) is 30.5. The third kappa shape index (κ3) is 12.8. The third-order valence-corrected chi connectivity index (χ3v) is 15.9. The van der Waals surface area contributed by atoms with Crippen LogP contribution in [0.1, 0.15) is 144 Å². The Bertz CT molecular complexity index is 1900. The molecular weight excluding hydrogens is 853 g/mol. The van der Waals surface area contributed by atoms with Gasteiger partial charge in [0.15, 0.2) is 0 Å².